The highest BCUT2D eigenvalue weighted by atomic mass is 16.3. The predicted octanol–water partition coefficient (Wildman–Crippen LogP) is 1.50. The summed E-state index contributed by atoms with van der Waals surface area (Å²) in [5.41, 5.74) is 0.953. The van der Waals surface area contributed by atoms with Gasteiger partial charge >= 0.3 is 0 Å². The molecule has 1 rings (SSSR count). The van der Waals surface area contributed by atoms with Gasteiger partial charge in [0.1, 0.15) is 5.75 Å². The van der Waals surface area contributed by atoms with Crippen molar-refractivity contribution >= 4 is 0 Å². The van der Waals surface area contributed by atoms with Crippen molar-refractivity contribution in [2.75, 3.05) is 6.54 Å². The zero-order valence-corrected chi connectivity index (χ0v) is 6.67. The molecular weight excluding hydrogens is 138 g/mol. The van der Waals surface area contributed by atoms with Gasteiger partial charge in [-0.25, -0.2) is 0 Å². The van der Waals surface area contributed by atoms with Crippen molar-refractivity contribution in [2.24, 2.45) is 0 Å². The topological polar surface area (TPSA) is 32.3 Å². The Morgan fingerprint density at radius 3 is 2.73 bits per heavy atom. The third kappa shape index (κ3) is 2.24. The van der Waals surface area contributed by atoms with Gasteiger partial charge in [-0.3, -0.25) is 0 Å². The lowest BCUT2D eigenvalue weighted by Gasteiger charge is -2.03. The molecule has 0 unspecified atom stereocenters. The van der Waals surface area contributed by atoms with Crippen molar-refractivity contribution in [1.82, 2.24) is 5.32 Å². The lowest BCUT2D eigenvalue weighted by atomic mass is 10.2. The van der Waals surface area contributed by atoms with E-state index in [1.807, 2.05) is 25.1 Å². The van der Waals surface area contributed by atoms with Gasteiger partial charge in [-0.2, -0.15) is 0 Å². The van der Waals surface area contributed by atoms with Crippen LogP contribution in [0.2, 0.25) is 0 Å². The van der Waals surface area contributed by atoms with Crippen molar-refractivity contribution in [3.05, 3.63) is 29.8 Å². The van der Waals surface area contributed by atoms with Crippen LogP contribution < -0.4 is 5.32 Å². The molecule has 0 saturated carbocycles. The fourth-order valence-corrected chi connectivity index (χ4v) is 0.920. The quantitative estimate of drug-likeness (QED) is 0.686. The Kier molecular flexibility index (Phi) is 2.93. The fourth-order valence-electron chi connectivity index (χ4n) is 0.920. The van der Waals surface area contributed by atoms with Crippen LogP contribution in [-0.2, 0) is 6.54 Å². The van der Waals surface area contributed by atoms with Gasteiger partial charge in [-0.05, 0) is 12.6 Å². The zero-order chi connectivity index (χ0) is 8.10. The molecule has 0 saturated heterocycles. The molecule has 1 aromatic carbocycles. The Morgan fingerprint density at radius 2 is 2.09 bits per heavy atom. The van der Waals surface area contributed by atoms with E-state index in [2.05, 4.69) is 5.32 Å². The highest BCUT2D eigenvalue weighted by Gasteiger charge is 1.95. The van der Waals surface area contributed by atoms with Gasteiger partial charge in [-0.15, -0.1) is 0 Å². The summed E-state index contributed by atoms with van der Waals surface area (Å²) in [6.07, 6.45) is 0. The van der Waals surface area contributed by atoms with E-state index in [1.165, 1.54) is 0 Å². The molecule has 0 aromatic heterocycles. The standard InChI is InChI=1S/C9H13NO/c1-2-10-7-8-5-3-4-6-9(8)11/h3-6,10-11H,2,7H2,1H3. The van der Waals surface area contributed by atoms with E-state index in [-0.39, 0.29) is 0 Å². The van der Waals surface area contributed by atoms with Crippen molar-refractivity contribution in [1.29, 1.82) is 0 Å². The van der Waals surface area contributed by atoms with Gasteiger partial charge in [0, 0.05) is 12.1 Å². The van der Waals surface area contributed by atoms with Gasteiger partial charge in [-0.1, -0.05) is 25.1 Å². The van der Waals surface area contributed by atoms with Crippen molar-refractivity contribution in [3.8, 4) is 5.75 Å². The van der Waals surface area contributed by atoms with Crippen LogP contribution in [0.15, 0.2) is 24.3 Å². The highest BCUT2D eigenvalue weighted by molar-refractivity contribution is 5.31. The molecule has 0 aliphatic rings. The van der Waals surface area contributed by atoms with Crippen LogP contribution in [0.5, 0.6) is 5.75 Å². The summed E-state index contributed by atoms with van der Waals surface area (Å²) in [4.78, 5) is 0. The summed E-state index contributed by atoms with van der Waals surface area (Å²) in [6.45, 7) is 3.71. The first-order chi connectivity index (χ1) is 5.34. The Balaban J connectivity index is 2.62. The van der Waals surface area contributed by atoms with Gasteiger partial charge in [0.15, 0.2) is 0 Å². The third-order valence-electron chi connectivity index (χ3n) is 1.56. The molecule has 1 aromatic rings. The summed E-state index contributed by atoms with van der Waals surface area (Å²) in [7, 11) is 0. The first-order valence-electron chi connectivity index (χ1n) is 3.82. The van der Waals surface area contributed by atoms with Crippen molar-refractivity contribution < 1.29 is 5.11 Å². The molecule has 2 N–H and O–H groups in total. The average Bonchev–Trinajstić information content (AvgIpc) is 2.03. The molecular formula is C9H13NO. The van der Waals surface area contributed by atoms with E-state index in [9.17, 15) is 5.11 Å². The number of para-hydroxylation sites is 1. The largest absolute Gasteiger partial charge is 0.508 e. The molecule has 11 heavy (non-hydrogen) atoms. The molecule has 0 radical (unpaired) electrons. The van der Waals surface area contributed by atoms with E-state index in [0.29, 0.717) is 5.75 Å². The van der Waals surface area contributed by atoms with Crippen LogP contribution in [0.25, 0.3) is 0 Å². The maximum Gasteiger partial charge on any atom is 0.120 e. The predicted molar refractivity (Wildman–Crippen MR) is 45.5 cm³/mol. The van der Waals surface area contributed by atoms with Crippen molar-refractivity contribution in [2.45, 2.75) is 13.5 Å². The van der Waals surface area contributed by atoms with Crippen LogP contribution in [0.4, 0.5) is 0 Å². The van der Waals surface area contributed by atoms with E-state index in [4.69, 9.17) is 0 Å². The smallest absolute Gasteiger partial charge is 0.120 e. The number of hydrogen-bond donors (Lipinski definition) is 2. The van der Waals surface area contributed by atoms with Crippen LogP contribution in [0.1, 0.15) is 12.5 Å². The van der Waals surface area contributed by atoms with Crippen LogP contribution >= 0.6 is 0 Å². The van der Waals surface area contributed by atoms with Crippen LogP contribution in [0.3, 0.4) is 0 Å². The molecule has 2 nitrogen and oxygen atoms in total. The van der Waals surface area contributed by atoms with E-state index in [0.717, 1.165) is 18.7 Å². The number of aromatic hydroxyl groups is 1. The minimum atomic E-state index is 0.369. The van der Waals surface area contributed by atoms with Gasteiger partial charge in [0.05, 0.1) is 0 Å². The molecule has 0 heterocycles. The molecule has 0 aliphatic carbocycles. The van der Waals surface area contributed by atoms with Gasteiger partial charge in [0.25, 0.3) is 0 Å². The number of phenols is 1. The Morgan fingerprint density at radius 1 is 1.36 bits per heavy atom. The summed E-state index contributed by atoms with van der Waals surface area (Å²) >= 11 is 0. The van der Waals surface area contributed by atoms with Crippen molar-refractivity contribution in [3.63, 3.8) is 0 Å². The van der Waals surface area contributed by atoms with Gasteiger partial charge < -0.3 is 10.4 Å². The number of nitrogens with one attached hydrogen (secondary N) is 1. The Hall–Kier alpha value is -1.02. The lowest BCUT2D eigenvalue weighted by molar-refractivity contribution is 0.465. The summed E-state index contributed by atoms with van der Waals surface area (Å²) < 4.78 is 0. The molecule has 2 heteroatoms. The first kappa shape index (κ1) is 8.08. The molecule has 0 spiro atoms. The van der Waals surface area contributed by atoms with E-state index < -0.39 is 0 Å². The highest BCUT2D eigenvalue weighted by Crippen LogP contribution is 2.14. The lowest BCUT2D eigenvalue weighted by Crippen LogP contribution is -2.11. The second-order valence-electron chi connectivity index (χ2n) is 2.41. The maximum absolute atomic E-state index is 9.30. The Labute approximate surface area is 66.9 Å². The number of benzene rings is 1. The number of rotatable bonds is 3. The SMILES string of the molecule is CCNCc1ccccc1O. The molecule has 60 valence electrons. The minimum Gasteiger partial charge on any atom is -0.508 e. The number of hydrogen-bond acceptors (Lipinski definition) is 2. The second-order valence-corrected chi connectivity index (χ2v) is 2.41. The first-order valence-corrected chi connectivity index (χ1v) is 3.82. The number of phenolic OH excluding ortho intramolecular Hbond substituents is 1. The monoisotopic (exact) mass is 151 g/mol. The maximum atomic E-state index is 9.30. The Bertz CT molecular complexity index is 223. The molecule has 0 atom stereocenters. The fraction of sp³-hybridized carbons (Fsp3) is 0.333. The molecule has 0 fully saturated rings. The zero-order valence-electron chi connectivity index (χ0n) is 6.67. The summed E-state index contributed by atoms with van der Waals surface area (Å²) in [6, 6.07) is 7.36. The average molecular weight is 151 g/mol. The van der Waals surface area contributed by atoms with E-state index in [1.54, 1.807) is 6.07 Å². The summed E-state index contributed by atoms with van der Waals surface area (Å²) in [5, 5.41) is 12.4. The molecule has 0 bridgehead atoms. The minimum absolute atomic E-state index is 0.369. The molecule has 0 amide bonds. The van der Waals surface area contributed by atoms with Crippen LogP contribution in [0, 0.1) is 0 Å². The summed E-state index contributed by atoms with van der Waals surface area (Å²) in [5.74, 6) is 0.369. The van der Waals surface area contributed by atoms with E-state index >= 15 is 0 Å². The molecule has 0 aliphatic heterocycles. The normalized spacial score (nSPS) is 9.91. The van der Waals surface area contributed by atoms with Crippen LogP contribution in [-0.4, -0.2) is 11.7 Å². The van der Waals surface area contributed by atoms with Gasteiger partial charge in [0.2, 0.25) is 0 Å². The third-order valence-corrected chi connectivity index (χ3v) is 1.56. The second kappa shape index (κ2) is 3.98.